The number of esters is 2. The molecule has 0 aromatic heterocycles. The summed E-state index contributed by atoms with van der Waals surface area (Å²) in [5.74, 6) is -0.759. The summed E-state index contributed by atoms with van der Waals surface area (Å²) in [4.78, 5) is 36.3. The number of ether oxygens (including phenoxy) is 2. The van der Waals surface area contributed by atoms with Crippen molar-refractivity contribution in [3.05, 3.63) is 41.5 Å². The second-order valence-corrected chi connectivity index (χ2v) is 13.1. The van der Waals surface area contributed by atoms with Gasteiger partial charge in [0.1, 0.15) is 8.78 Å². The molecule has 0 aliphatic carbocycles. The number of thiocarbonyl (C=S) groups is 1. The summed E-state index contributed by atoms with van der Waals surface area (Å²) in [5, 5.41) is 9.19. The number of thioether (sulfide) groups is 2. The van der Waals surface area contributed by atoms with E-state index in [4.69, 9.17) is 21.7 Å². The molecule has 9 heteroatoms. The van der Waals surface area contributed by atoms with E-state index < -0.39 is 17.4 Å². The number of carbonyl (C=O) groups is 3. The summed E-state index contributed by atoms with van der Waals surface area (Å²) >= 11 is 8.15. The highest BCUT2D eigenvalue weighted by Crippen LogP contribution is 2.28. The van der Waals surface area contributed by atoms with Gasteiger partial charge in [-0.3, -0.25) is 9.59 Å². The van der Waals surface area contributed by atoms with Crippen LogP contribution < -0.4 is 0 Å². The van der Waals surface area contributed by atoms with Gasteiger partial charge < -0.3 is 14.6 Å². The topological polar surface area (TPSA) is 89.9 Å². The lowest BCUT2D eigenvalue weighted by molar-refractivity contribution is -0.147. The molecule has 1 rings (SSSR count). The molecule has 0 aliphatic heterocycles. The second kappa shape index (κ2) is 18.4. The number of hydrogen-bond acceptors (Lipinski definition) is 8. The Hall–Kier alpha value is -1.84. The van der Waals surface area contributed by atoms with Gasteiger partial charge >= 0.3 is 17.9 Å². The first-order valence-corrected chi connectivity index (χ1v) is 15.0. The smallest absolute Gasteiger partial charge is 0.334 e. The average molecular weight is 569 g/mol. The molecule has 206 valence electrons. The highest BCUT2D eigenvalue weighted by atomic mass is 32.2. The summed E-state index contributed by atoms with van der Waals surface area (Å²) in [5.41, 5.74) is 0.103. The largest absolute Gasteiger partial charge is 0.481 e. The van der Waals surface area contributed by atoms with Crippen molar-refractivity contribution < 1.29 is 29.0 Å². The predicted molar refractivity (Wildman–Crippen MR) is 158 cm³/mol. The Kier molecular flexibility index (Phi) is 16.5. The first-order chi connectivity index (χ1) is 17.6. The van der Waals surface area contributed by atoms with Crippen molar-refractivity contribution in [2.45, 2.75) is 77.9 Å². The average Bonchev–Trinajstić information content (AvgIpc) is 2.84. The molecule has 1 N–H and O–H groups in total. The van der Waals surface area contributed by atoms with Crippen molar-refractivity contribution in [1.82, 2.24) is 0 Å². The second-order valence-electron chi connectivity index (χ2n) is 9.31. The van der Waals surface area contributed by atoms with Crippen LogP contribution in [0.3, 0.4) is 0 Å². The molecule has 0 amide bonds. The molecule has 0 saturated heterocycles. The summed E-state index contributed by atoms with van der Waals surface area (Å²) < 4.78 is 11.6. The lowest BCUT2D eigenvalue weighted by Crippen LogP contribution is -2.26. The molecule has 1 unspecified atom stereocenters. The van der Waals surface area contributed by atoms with Gasteiger partial charge in [-0.2, -0.15) is 0 Å². The number of carbonyl (C=O) groups excluding carboxylic acids is 2. The van der Waals surface area contributed by atoms with Crippen LogP contribution in [0.15, 0.2) is 35.9 Å². The normalized spacial score (nSPS) is 12.6. The maximum Gasteiger partial charge on any atom is 0.334 e. The molecule has 0 bridgehead atoms. The SMILES string of the molecule is CCSC(=S)SC(C)C(=O)OCCCCCCCCOC(=O)/C(=C/c1ccccc1)CC(C)(C)C(=O)O. The molecular formula is C28H40O6S3. The summed E-state index contributed by atoms with van der Waals surface area (Å²) in [6.45, 7) is 7.75. The van der Waals surface area contributed by atoms with Crippen molar-refractivity contribution in [2.75, 3.05) is 19.0 Å². The third kappa shape index (κ3) is 14.6. The van der Waals surface area contributed by atoms with Gasteiger partial charge in [0.15, 0.2) is 0 Å². The molecule has 6 nitrogen and oxygen atoms in total. The number of rotatable bonds is 17. The minimum atomic E-state index is -1.08. The van der Waals surface area contributed by atoms with Gasteiger partial charge in [-0.1, -0.05) is 86.9 Å². The third-order valence-corrected chi connectivity index (χ3v) is 8.04. The van der Waals surface area contributed by atoms with Crippen LogP contribution in [0.5, 0.6) is 0 Å². The molecule has 1 aromatic carbocycles. The molecule has 37 heavy (non-hydrogen) atoms. The molecule has 0 fully saturated rings. The van der Waals surface area contributed by atoms with Gasteiger partial charge in [0.2, 0.25) is 0 Å². The minimum absolute atomic E-state index is 0.0858. The van der Waals surface area contributed by atoms with Crippen molar-refractivity contribution in [3.8, 4) is 0 Å². The predicted octanol–water partition coefficient (Wildman–Crippen LogP) is 7.16. The summed E-state index contributed by atoms with van der Waals surface area (Å²) in [6, 6.07) is 9.34. The van der Waals surface area contributed by atoms with E-state index in [0.717, 1.165) is 53.4 Å². The lowest BCUT2D eigenvalue weighted by atomic mass is 9.85. The van der Waals surface area contributed by atoms with Gasteiger partial charge in [0.25, 0.3) is 0 Å². The van der Waals surface area contributed by atoms with E-state index >= 15 is 0 Å². The maximum absolute atomic E-state index is 12.7. The van der Waals surface area contributed by atoms with E-state index in [0.29, 0.717) is 18.8 Å². The van der Waals surface area contributed by atoms with Gasteiger partial charge in [-0.05, 0) is 57.4 Å². The molecule has 0 heterocycles. The molecule has 0 spiro atoms. The van der Waals surface area contributed by atoms with Crippen LogP contribution in [0, 0.1) is 5.41 Å². The van der Waals surface area contributed by atoms with E-state index in [9.17, 15) is 19.5 Å². The van der Waals surface area contributed by atoms with E-state index in [1.165, 1.54) is 11.8 Å². The number of carboxylic acids is 1. The fraction of sp³-hybridized carbons (Fsp3) is 0.571. The number of aliphatic carboxylic acids is 1. The fourth-order valence-electron chi connectivity index (χ4n) is 3.29. The Labute approximate surface area is 235 Å². The Morgan fingerprint density at radius 3 is 2.14 bits per heavy atom. The zero-order chi connectivity index (χ0) is 27.7. The van der Waals surface area contributed by atoms with Crippen LogP contribution in [-0.2, 0) is 23.9 Å². The quantitative estimate of drug-likeness (QED) is 0.0910. The van der Waals surface area contributed by atoms with Crippen molar-refractivity contribution in [2.24, 2.45) is 5.41 Å². The van der Waals surface area contributed by atoms with Crippen molar-refractivity contribution >= 4 is 63.3 Å². The number of hydrogen-bond donors (Lipinski definition) is 1. The third-order valence-electron chi connectivity index (χ3n) is 5.50. The van der Waals surface area contributed by atoms with E-state index in [1.807, 2.05) is 44.2 Å². The van der Waals surface area contributed by atoms with Crippen LogP contribution in [0.2, 0.25) is 0 Å². The monoisotopic (exact) mass is 568 g/mol. The molecule has 1 aromatic rings. The fourth-order valence-corrected chi connectivity index (χ4v) is 5.82. The van der Waals surface area contributed by atoms with Crippen LogP contribution in [0.1, 0.15) is 78.2 Å². The van der Waals surface area contributed by atoms with Crippen LogP contribution in [0.4, 0.5) is 0 Å². The summed E-state index contributed by atoms with van der Waals surface area (Å²) in [6.07, 6.45) is 7.25. The number of benzene rings is 1. The molecule has 0 radical (unpaired) electrons. The number of unbranched alkanes of at least 4 members (excludes halogenated alkanes) is 5. The van der Waals surface area contributed by atoms with Crippen LogP contribution in [0.25, 0.3) is 6.08 Å². The van der Waals surface area contributed by atoms with Gasteiger partial charge in [-0.15, -0.1) is 11.8 Å². The maximum atomic E-state index is 12.7. The Morgan fingerprint density at radius 2 is 1.57 bits per heavy atom. The van der Waals surface area contributed by atoms with E-state index in [1.54, 1.807) is 31.7 Å². The first kappa shape index (κ1) is 33.2. The van der Waals surface area contributed by atoms with Crippen molar-refractivity contribution in [3.63, 3.8) is 0 Å². The highest BCUT2D eigenvalue weighted by Gasteiger charge is 2.31. The standard InChI is InChI=1S/C28H40O6S3/c1-5-36-27(35)37-21(2)24(29)33-17-13-8-6-7-9-14-18-34-25(30)23(20-28(3,4)26(31)32)19-22-15-11-10-12-16-22/h10-12,15-16,19,21H,5-9,13-14,17-18,20H2,1-4H3,(H,31,32)/b23-19+. The Balaban J connectivity index is 2.29. The Morgan fingerprint density at radius 1 is 1.00 bits per heavy atom. The van der Waals surface area contributed by atoms with Gasteiger partial charge in [-0.25, -0.2) is 4.79 Å². The van der Waals surface area contributed by atoms with Crippen LogP contribution in [-0.4, -0.2) is 50.8 Å². The van der Waals surface area contributed by atoms with Gasteiger partial charge in [0, 0.05) is 5.57 Å². The summed E-state index contributed by atoms with van der Waals surface area (Å²) in [7, 11) is 0. The van der Waals surface area contributed by atoms with Crippen LogP contribution >= 0.6 is 35.7 Å². The zero-order valence-electron chi connectivity index (χ0n) is 22.3. The molecule has 0 aliphatic rings. The molecule has 1 atom stereocenters. The molecular weight excluding hydrogens is 529 g/mol. The lowest BCUT2D eigenvalue weighted by Gasteiger charge is -2.20. The van der Waals surface area contributed by atoms with Crippen molar-refractivity contribution in [1.29, 1.82) is 0 Å². The van der Waals surface area contributed by atoms with E-state index in [-0.39, 0.29) is 17.6 Å². The zero-order valence-corrected chi connectivity index (χ0v) is 24.8. The van der Waals surface area contributed by atoms with E-state index in [2.05, 4.69) is 0 Å². The first-order valence-electron chi connectivity index (χ1n) is 12.7. The highest BCUT2D eigenvalue weighted by molar-refractivity contribution is 8.47. The van der Waals surface area contributed by atoms with Gasteiger partial charge in [0.05, 0.1) is 18.6 Å². The molecule has 0 saturated carbocycles. The minimum Gasteiger partial charge on any atom is -0.481 e. The Bertz CT molecular complexity index is 898. The number of carboxylic acid groups (broad SMARTS) is 1.